The van der Waals surface area contributed by atoms with Gasteiger partial charge in [0.1, 0.15) is 5.01 Å². The van der Waals surface area contributed by atoms with Crippen molar-refractivity contribution in [3.63, 3.8) is 0 Å². The maximum absolute atomic E-state index is 12.0. The van der Waals surface area contributed by atoms with E-state index in [9.17, 15) is 4.79 Å². The number of nitrogens with zero attached hydrogens (tertiary/aromatic N) is 2. The third-order valence-electron chi connectivity index (χ3n) is 2.71. The zero-order valence-corrected chi connectivity index (χ0v) is 13.1. The minimum absolute atomic E-state index is 0.0405. The minimum atomic E-state index is -0.155. The highest BCUT2D eigenvalue weighted by Crippen LogP contribution is 2.26. The predicted molar refractivity (Wildman–Crippen MR) is 83.1 cm³/mol. The molecule has 0 unspecified atom stereocenters. The van der Waals surface area contributed by atoms with Crippen molar-refractivity contribution in [1.29, 1.82) is 0 Å². The molecule has 0 aliphatic heterocycles. The Morgan fingerprint density at radius 2 is 2.10 bits per heavy atom. The van der Waals surface area contributed by atoms with Gasteiger partial charge in [-0.1, -0.05) is 53.4 Å². The van der Waals surface area contributed by atoms with E-state index in [0.717, 1.165) is 15.8 Å². The SMILES string of the molecule is Cc1nnc(S[C@@H](C)C(=O)NCCc2ccccc2)s1. The van der Waals surface area contributed by atoms with Crippen LogP contribution in [0.15, 0.2) is 34.7 Å². The van der Waals surface area contributed by atoms with Crippen molar-refractivity contribution in [3.8, 4) is 0 Å². The lowest BCUT2D eigenvalue weighted by Crippen LogP contribution is -2.32. The predicted octanol–water partition coefficient (Wildman–Crippen LogP) is 2.69. The summed E-state index contributed by atoms with van der Waals surface area (Å²) in [5.41, 5.74) is 1.23. The number of hydrogen-bond donors (Lipinski definition) is 1. The Morgan fingerprint density at radius 1 is 1.35 bits per heavy atom. The van der Waals surface area contributed by atoms with E-state index in [1.54, 1.807) is 0 Å². The summed E-state index contributed by atoms with van der Waals surface area (Å²) in [6.45, 7) is 4.45. The maximum Gasteiger partial charge on any atom is 0.233 e. The van der Waals surface area contributed by atoms with Crippen LogP contribution in [0.3, 0.4) is 0 Å². The molecule has 1 amide bonds. The van der Waals surface area contributed by atoms with Gasteiger partial charge >= 0.3 is 0 Å². The highest BCUT2D eigenvalue weighted by Gasteiger charge is 2.16. The van der Waals surface area contributed by atoms with Gasteiger partial charge in [-0.2, -0.15) is 0 Å². The van der Waals surface area contributed by atoms with Gasteiger partial charge in [-0.3, -0.25) is 4.79 Å². The number of aromatic nitrogens is 2. The number of amides is 1. The zero-order chi connectivity index (χ0) is 14.4. The first-order valence-electron chi connectivity index (χ1n) is 6.43. The van der Waals surface area contributed by atoms with Gasteiger partial charge in [-0.25, -0.2) is 0 Å². The lowest BCUT2D eigenvalue weighted by Gasteiger charge is -2.10. The van der Waals surface area contributed by atoms with E-state index in [2.05, 4.69) is 27.6 Å². The van der Waals surface area contributed by atoms with Crippen LogP contribution in [0.4, 0.5) is 0 Å². The highest BCUT2D eigenvalue weighted by atomic mass is 32.2. The fourth-order valence-electron chi connectivity index (χ4n) is 1.65. The molecule has 2 rings (SSSR count). The lowest BCUT2D eigenvalue weighted by atomic mass is 10.1. The number of rotatable bonds is 6. The van der Waals surface area contributed by atoms with Crippen LogP contribution in [0.25, 0.3) is 0 Å². The van der Waals surface area contributed by atoms with Crippen molar-refractivity contribution >= 4 is 29.0 Å². The van der Waals surface area contributed by atoms with Gasteiger partial charge in [0, 0.05) is 6.54 Å². The maximum atomic E-state index is 12.0. The Morgan fingerprint density at radius 3 is 2.75 bits per heavy atom. The van der Waals surface area contributed by atoms with Crippen molar-refractivity contribution in [1.82, 2.24) is 15.5 Å². The molecule has 0 saturated heterocycles. The molecule has 1 aromatic heterocycles. The van der Waals surface area contributed by atoms with Crippen LogP contribution in [0.5, 0.6) is 0 Å². The van der Waals surface area contributed by atoms with E-state index in [-0.39, 0.29) is 11.2 Å². The van der Waals surface area contributed by atoms with Crippen molar-refractivity contribution in [3.05, 3.63) is 40.9 Å². The number of thioether (sulfide) groups is 1. The van der Waals surface area contributed by atoms with Crippen LogP contribution in [-0.2, 0) is 11.2 Å². The molecule has 0 bridgehead atoms. The quantitative estimate of drug-likeness (QED) is 0.834. The smallest absolute Gasteiger partial charge is 0.233 e. The summed E-state index contributed by atoms with van der Waals surface area (Å²) >= 11 is 2.97. The van der Waals surface area contributed by atoms with Crippen molar-refractivity contribution in [2.75, 3.05) is 6.54 Å². The van der Waals surface area contributed by atoms with Gasteiger partial charge < -0.3 is 5.32 Å². The molecule has 0 saturated carbocycles. The van der Waals surface area contributed by atoms with Crippen LogP contribution in [0, 0.1) is 6.92 Å². The third-order valence-corrected chi connectivity index (χ3v) is 4.73. The van der Waals surface area contributed by atoms with E-state index in [0.29, 0.717) is 6.54 Å². The molecule has 1 N–H and O–H groups in total. The van der Waals surface area contributed by atoms with Crippen LogP contribution < -0.4 is 5.32 Å². The normalized spacial score (nSPS) is 12.1. The molecule has 0 aliphatic rings. The van der Waals surface area contributed by atoms with Gasteiger partial charge in [0.2, 0.25) is 5.91 Å². The molecule has 2 aromatic rings. The summed E-state index contributed by atoms with van der Waals surface area (Å²) in [5.74, 6) is 0.0405. The van der Waals surface area contributed by atoms with Gasteiger partial charge in [-0.15, -0.1) is 10.2 Å². The van der Waals surface area contributed by atoms with E-state index in [4.69, 9.17) is 0 Å². The summed E-state index contributed by atoms with van der Waals surface area (Å²) in [7, 11) is 0. The minimum Gasteiger partial charge on any atom is -0.355 e. The first kappa shape index (κ1) is 15.0. The fourth-order valence-corrected chi connectivity index (χ4v) is 3.63. The van der Waals surface area contributed by atoms with E-state index < -0.39 is 0 Å². The second kappa shape index (κ2) is 7.40. The second-order valence-electron chi connectivity index (χ2n) is 4.37. The van der Waals surface area contributed by atoms with Crippen LogP contribution in [0.2, 0.25) is 0 Å². The van der Waals surface area contributed by atoms with Gasteiger partial charge in [0.05, 0.1) is 5.25 Å². The van der Waals surface area contributed by atoms with Gasteiger partial charge in [0.25, 0.3) is 0 Å². The Balaban J connectivity index is 1.74. The van der Waals surface area contributed by atoms with E-state index in [1.807, 2.05) is 32.0 Å². The standard InChI is InChI=1S/C14H17N3OS2/c1-10(19-14-17-16-11(2)20-14)13(18)15-9-8-12-6-4-3-5-7-12/h3-7,10H,8-9H2,1-2H3,(H,15,18)/t10-/m0/s1. The third kappa shape index (κ3) is 4.61. The number of carbonyl (C=O) groups excluding carboxylic acids is 1. The number of hydrogen-bond acceptors (Lipinski definition) is 5. The number of carbonyl (C=O) groups is 1. The molecule has 1 atom stereocenters. The molecule has 0 fully saturated rings. The van der Waals surface area contributed by atoms with Gasteiger partial charge in [0.15, 0.2) is 4.34 Å². The molecule has 6 heteroatoms. The second-order valence-corrected chi connectivity index (χ2v) is 7.14. The summed E-state index contributed by atoms with van der Waals surface area (Å²) in [6, 6.07) is 10.1. The average Bonchev–Trinajstić information content (AvgIpc) is 2.85. The fraction of sp³-hybridized carbons (Fsp3) is 0.357. The van der Waals surface area contributed by atoms with E-state index >= 15 is 0 Å². The highest BCUT2D eigenvalue weighted by molar-refractivity contribution is 8.02. The largest absolute Gasteiger partial charge is 0.355 e. The van der Waals surface area contributed by atoms with Crippen molar-refractivity contribution in [2.24, 2.45) is 0 Å². The molecular weight excluding hydrogens is 290 g/mol. The Bertz CT molecular complexity index is 557. The van der Waals surface area contributed by atoms with Crippen molar-refractivity contribution < 1.29 is 4.79 Å². The van der Waals surface area contributed by atoms with Crippen LogP contribution in [0.1, 0.15) is 17.5 Å². The molecule has 20 heavy (non-hydrogen) atoms. The number of benzene rings is 1. The lowest BCUT2D eigenvalue weighted by molar-refractivity contribution is -0.120. The van der Waals surface area contributed by atoms with Crippen molar-refractivity contribution in [2.45, 2.75) is 29.9 Å². The monoisotopic (exact) mass is 307 g/mol. The molecule has 0 spiro atoms. The topological polar surface area (TPSA) is 54.9 Å². The number of nitrogens with one attached hydrogen (secondary N) is 1. The van der Waals surface area contributed by atoms with Crippen LogP contribution in [-0.4, -0.2) is 27.9 Å². The number of aryl methyl sites for hydroxylation is 1. The Kier molecular flexibility index (Phi) is 5.55. The molecular formula is C14H17N3OS2. The molecule has 1 aromatic carbocycles. The average molecular weight is 307 g/mol. The summed E-state index contributed by atoms with van der Waals surface area (Å²) in [4.78, 5) is 12.0. The molecule has 4 nitrogen and oxygen atoms in total. The molecule has 106 valence electrons. The molecule has 0 aliphatic carbocycles. The Labute approximate surface area is 127 Å². The molecule has 0 radical (unpaired) electrons. The summed E-state index contributed by atoms with van der Waals surface area (Å²) in [5, 5.41) is 11.7. The Hall–Kier alpha value is -1.40. The van der Waals surface area contributed by atoms with E-state index in [1.165, 1.54) is 28.7 Å². The first-order chi connectivity index (χ1) is 9.65. The zero-order valence-electron chi connectivity index (χ0n) is 11.5. The summed E-state index contributed by atoms with van der Waals surface area (Å²) < 4.78 is 0.841. The van der Waals surface area contributed by atoms with Crippen LogP contribution >= 0.6 is 23.1 Å². The first-order valence-corrected chi connectivity index (χ1v) is 8.13. The van der Waals surface area contributed by atoms with Gasteiger partial charge in [-0.05, 0) is 25.8 Å². The summed E-state index contributed by atoms with van der Waals surface area (Å²) in [6.07, 6.45) is 0.849. The molecule has 1 heterocycles.